The van der Waals surface area contributed by atoms with E-state index < -0.39 is 5.97 Å². The van der Waals surface area contributed by atoms with Gasteiger partial charge in [-0.05, 0) is 36.5 Å². The molecule has 0 radical (unpaired) electrons. The minimum Gasteiger partial charge on any atom is -0.478 e. The monoisotopic (exact) mass is 325 g/mol. The summed E-state index contributed by atoms with van der Waals surface area (Å²) in [6.45, 7) is 1.94. The van der Waals surface area contributed by atoms with Gasteiger partial charge in [-0.25, -0.2) is 4.79 Å². The lowest BCUT2D eigenvalue weighted by Gasteiger charge is -2.19. The third-order valence-corrected chi connectivity index (χ3v) is 4.48. The van der Waals surface area contributed by atoms with Crippen LogP contribution in [0.15, 0.2) is 51.1 Å². The summed E-state index contributed by atoms with van der Waals surface area (Å²) in [5.74, 6) is -0.337. The number of hydrogen-bond acceptors (Lipinski definition) is 4. The summed E-state index contributed by atoms with van der Waals surface area (Å²) in [7, 11) is 0. The SMILES string of the molecule is CCC(CC=NO)C(C(=O)O)=C1C=Cc2oc3ccccc3c2C1. The Balaban J connectivity index is 2.06. The van der Waals surface area contributed by atoms with Crippen molar-refractivity contribution in [3.8, 4) is 0 Å². The van der Waals surface area contributed by atoms with Crippen molar-refractivity contribution in [2.24, 2.45) is 11.1 Å². The number of carboxylic acids is 1. The third kappa shape index (κ3) is 2.85. The number of carboxylic acid groups (broad SMARTS) is 1. The van der Waals surface area contributed by atoms with Crippen LogP contribution in [-0.4, -0.2) is 22.5 Å². The van der Waals surface area contributed by atoms with Crippen LogP contribution in [0, 0.1) is 5.92 Å². The van der Waals surface area contributed by atoms with Gasteiger partial charge in [-0.2, -0.15) is 0 Å². The van der Waals surface area contributed by atoms with Crippen molar-refractivity contribution in [3.63, 3.8) is 0 Å². The average molecular weight is 325 g/mol. The van der Waals surface area contributed by atoms with E-state index in [1.165, 1.54) is 6.21 Å². The molecule has 0 saturated heterocycles. The van der Waals surface area contributed by atoms with Crippen LogP contribution in [0.5, 0.6) is 0 Å². The molecular formula is C19H19NO4. The van der Waals surface area contributed by atoms with Gasteiger partial charge in [0.05, 0.1) is 0 Å². The van der Waals surface area contributed by atoms with Gasteiger partial charge in [0.15, 0.2) is 0 Å². The van der Waals surface area contributed by atoms with Crippen LogP contribution in [0.4, 0.5) is 0 Å². The van der Waals surface area contributed by atoms with Gasteiger partial charge in [-0.1, -0.05) is 31.2 Å². The van der Waals surface area contributed by atoms with Crippen LogP contribution in [0.1, 0.15) is 31.1 Å². The Kier molecular flexibility index (Phi) is 4.51. The van der Waals surface area contributed by atoms with Gasteiger partial charge in [0.1, 0.15) is 11.3 Å². The molecule has 2 N–H and O–H groups in total. The van der Waals surface area contributed by atoms with Gasteiger partial charge in [-0.15, -0.1) is 5.16 Å². The Morgan fingerprint density at radius 1 is 1.38 bits per heavy atom. The molecule has 24 heavy (non-hydrogen) atoms. The minimum atomic E-state index is -0.927. The van der Waals surface area contributed by atoms with Gasteiger partial charge in [0, 0.05) is 29.2 Å². The van der Waals surface area contributed by atoms with E-state index in [1.807, 2.05) is 43.3 Å². The van der Waals surface area contributed by atoms with Crippen LogP contribution in [0.3, 0.4) is 0 Å². The lowest BCUT2D eigenvalue weighted by atomic mass is 9.85. The highest BCUT2D eigenvalue weighted by atomic mass is 16.4. The average Bonchev–Trinajstić information content (AvgIpc) is 2.96. The lowest BCUT2D eigenvalue weighted by molar-refractivity contribution is -0.133. The van der Waals surface area contributed by atoms with E-state index in [0.717, 1.165) is 27.9 Å². The Morgan fingerprint density at radius 3 is 2.88 bits per heavy atom. The Labute approximate surface area is 139 Å². The number of fused-ring (bicyclic) bond motifs is 3. The number of nitrogens with zero attached hydrogens (tertiary/aromatic N) is 1. The quantitative estimate of drug-likeness (QED) is 0.372. The largest absolute Gasteiger partial charge is 0.478 e. The van der Waals surface area contributed by atoms with Gasteiger partial charge < -0.3 is 14.7 Å². The summed E-state index contributed by atoms with van der Waals surface area (Å²) >= 11 is 0. The first-order chi connectivity index (χ1) is 11.7. The topological polar surface area (TPSA) is 83.0 Å². The molecule has 0 bridgehead atoms. The van der Waals surface area contributed by atoms with E-state index in [9.17, 15) is 9.90 Å². The van der Waals surface area contributed by atoms with E-state index in [2.05, 4.69) is 5.16 Å². The molecule has 1 aliphatic carbocycles. The molecule has 5 heteroatoms. The van der Waals surface area contributed by atoms with E-state index in [1.54, 1.807) is 0 Å². The molecule has 1 atom stereocenters. The second-order valence-corrected chi connectivity index (χ2v) is 5.83. The zero-order valence-electron chi connectivity index (χ0n) is 13.4. The zero-order valence-corrected chi connectivity index (χ0v) is 13.4. The molecule has 1 aromatic heterocycles. The summed E-state index contributed by atoms with van der Waals surface area (Å²) in [6.07, 6.45) is 6.59. The fraction of sp³-hybridized carbons (Fsp3) is 0.263. The number of allylic oxidation sites excluding steroid dienone is 2. The van der Waals surface area contributed by atoms with Crippen molar-refractivity contribution < 1.29 is 19.5 Å². The first-order valence-electron chi connectivity index (χ1n) is 7.96. The molecule has 3 rings (SSSR count). The molecule has 1 unspecified atom stereocenters. The molecule has 0 fully saturated rings. The van der Waals surface area contributed by atoms with Crippen LogP contribution in [0.25, 0.3) is 17.0 Å². The molecule has 0 amide bonds. The number of aliphatic carboxylic acids is 1. The maximum atomic E-state index is 11.9. The lowest BCUT2D eigenvalue weighted by Crippen LogP contribution is -2.17. The highest BCUT2D eigenvalue weighted by Crippen LogP contribution is 2.35. The molecule has 5 nitrogen and oxygen atoms in total. The molecule has 0 saturated carbocycles. The Hall–Kier alpha value is -2.82. The molecule has 124 valence electrons. The fourth-order valence-corrected chi connectivity index (χ4v) is 3.28. The van der Waals surface area contributed by atoms with Crippen molar-refractivity contribution in [2.75, 3.05) is 0 Å². The predicted molar refractivity (Wildman–Crippen MR) is 92.3 cm³/mol. The number of oxime groups is 1. The van der Waals surface area contributed by atoms with Crippen molar-refractivity contribution in [1.82, 2.24) is 0 Å². The second-order valence-electron chi connectivity index (χ2n) is 5.83. The number of para-hydroxylation sites is 1. The highest BCUT2D eigenvalue weighted by molar-refractivity contribution is 5.92. The van der Waals surface area contributed by atoms with Gasteiger partial charge in [0.25, 0.3) is 0 Å². The first-order valence-corrected chi connectivity index (χ1v) is 7.96. The van der Waals surface area contributed by atoms with Crippen LogP contribution in [-0.2, 0) is 11.2 Å². The van der Waals surface area contributed by atoms with Gasteiger partial charge >= 0.3 is 5.97 Å². The number of rotatable bonds is 5. The van der Waals surface area contributed by atoms with Gasteiger partial charge in [0.2, 0.25) is 0 Å². The molecule has 1 heterocycles. The molecule has 1 aromatic carbocycles. The number of furan rings is 1. The summed E-state index contributed by atoms with van der Waals surface area (Å²) in [5, 5.41) is 22.4. The molecule has 0 aliphatic heterocycles. The third-order valence-electron chi connectivity index (χ3n) is 4.48. The van der Waals surface area contributed by atoms with E-state index >= 15 is 0 Å². The maximum Gasteiger partial charge on any atom is 0.332 e. The van der Waals surface area contributed by atoms with Crippen LogP contribution >= 0.6 is 0 Å². The number of benzene rings is 1. The highest BCUT2D eigenvalue weighted by Gasteiger charge is 2.25. The molecule has 0 spiro atoms. The van der Waals surface area contributed by atoms with E-state index in [4.69, 9.17) is 9.62 Å². The predicted octanol–water partition coefficient (Wildman–Crippen LogP) is 4.26. The zero-order chi connectivity index (χ0) is 17.1. The maximum absolute atomic E-state index is 11.9. The van der Waals surface area contributed by atoms with Crippen molar-refractivity contribution in [3.05, 3.63) is 52.8 Å². The summed E-state index contributed by atoms with van der Waals surface area (Å²) in [5.41, 5.74) is 2.99. The van der Waals surface area contributed by atoms with E-state index in [-0.39, 0.29) is 5.92 Å². The van der Waals surface area contributed by atoms with Crippen molar-refractivity contribution in [1.29, 1.82) is 0 Å². The summed E-state index contributed by atoms with van der Waals surface area (Å²) < 4.78 is 5.82. The van der Waals surface area contributed by atoms with Crippen molar-refractivity contribution in [2.45, 2.75) is 26.2 Å². The first kappa shape index (κ1) is 16.1. The molecular weight excluding hydrogens is 306 g/mol. The fourth-order valence-electron chi connectivity index (χ4n) is 3.28. The van der Waals surface area contributed by atoms with Crippen LogP contribution < -0.4 is 0 Å². The number of hydrogen-bond donors (Lipinski definition) is 2. The molecule has 2 aromatic rings. The van der Waals surface area contributed by atoms with Crippen LogP contribution in [0.2, 0.25) is 0 Å². The normalized spacial score (nSPS) is 17.2. The Morgan fingerprint density at radius 2 is 2.17 bits per heavy atom. The second kappa shape index (κ2) is 6.74. The number of carbonyl (C=O) groups is 1. The minimum absolute atomic E-state index is 0.197. The Bertz CT molecular complexity index is 857. The van der Waals surface area contributed by atoms with E-state index in [0.29, 0.717) is 24.8 Å². The molecule has 1 aliphatic rings. The summed E-state index contributed by atoms with van der Waals surface area (Å²) in [4.78, 5) is 11.9. The standard InChI is InChI=1S/C19H19NO4/c1-2-12(9-10-20-23)18(19(21)22)13-7-8-17-15(11-13)14-5-3-4-6-16(14)24-17/h3-8,10,12,23H,2,9,11H2,1H3,(H,21,22). The smallest absolute Gasteiger partial charge is 0.332 e. The summed E-state index contributed by atoms with van der Waals surface area (Å²) in [6, 6.07) is 7.77. The van der Waals surface area contributed by atoms with Crippen molar-refractivity contribution >= 4 is 29.2 Å². The van der Waals surface area contributed by atoms with Gasteiger partial charge in [-0.3, -0.25) is 0 Å².